The maximum absolute atomic E-state index is 15.6. The van der Waals surface area contributed by atoms with E-state index < -0.39 is 42.6 Å². The summed E-state index contributed by atoms with van der Waals surface area (Å²) in [5.74, 6) is -1.54. The third-order valence-electron chi connectivity index (χ3n) is 5.87. The van der Waals surface area contributed by atoms with Gasteiger partial charge in [-0.2, -0.15) is 0 Å². The lowest BCUT2D eigenvalue weighted by Gasteiger charge is -2.38. The summed E-state index contributed by atoms with van der Waals surface area (Å²) in [4.78, 5) is 28.0. The summed E-state index contributed by atoms with van der Waals surface area (Å²) in [5, 5.41) is 16.9. The third kappa shape index (κ3) is 3.86. The van der Waals surface area contributed by atoms with E-state index in [-0.39, 0.29) is 16.9 Å². The highest BCUT2D eigenvalue weighted by molar-refractivity contribution is 6.01. The van der Waals surface area contributed by atoms with Gasteiger partial charge >= 0.3 is 6.09 Å². The summed E-state index contributed by atoms with van der Waals surface area (Å²) in [6.07, 6.45) is 3.96. The number of cyclic esters (lactones) is 1. The molecule has 1 aromatic heterocycles. The maximum Gasteiger partial charge on any atom is 0.415 e. The number of benzene rings is 1. The SMILES string of the molecule is CC1C(Cn2ccnn2)OC(=O)N1c1ccc(C(=O)CO)c(F)c1N1CCCCC1N. The molecular formula is C20H25FN6O4. The van der Waals surface area contributed by atoms with Gasteiger partial charge in [-0.15, -0.1) is 5.10 Å². The zero-order valence-corrected chi connectivity index (χ0v) is 17.1. The summed E-state index contributed by atoms with van der Waals surface area (Å²) in [6.45, 7) is 1.77. The van der Waals surface area contributed by atoms with Crippen LogP contribution in [-0.2, 0) is 11.3 Å². The minimum Gasteiger partial charge on any atom is -0.442 e. The molecule has 2 fully saturated rings. The lowest BCUT2D eigenvalue weighted by atomic mass is 10.0. The summed E-state index contributed by atoms with van der Waals surface area (Å²) in [6, 6.07) is 2.36. The molecule has 2 aromatic rings. The van der Waals surface area contributed by atoms with Crippen LogP contribution in [0.1, 0.15) is 36.5 Å². The number of rotatable bonds is 6. The Bertz CT molecular complexity index is 969. The zero-order chi connectivity index (χ0) is 22.1. The van der Waals surface area contributed by atoms with Gasteiger partial charge in [0, 0.05) is 12.7 Å². The van der Waals surface area contributed by atoms with Crippen molar-refractivity contribution in [3.8, 4) is 0 Å². The average molecular weight is 432 g/mol. The number of ketones is 1. The van der Waals surface area contributed by atoms with Crippen LogP contribution < -0.4 is 15.5 Å². The van der Waals surface area contributed by atoms with Crippen LogP contribution in [0.4, 0.5) is 20.6 Å². The molecule has 0 spiro atoms. The predicted molar refractivity (Wildman–Crippen MR) is 109 cm³/mol. The van der Waals surface area contributed by atoms with E-state index in [1.807, 2.05) is 0 Å². The molecule has 3 heterocycles. The minimum atomic E-state index is -0.816. The van der Waals surface area contributed by atoms with E-state index in [0.717, 1.165) is 12.8 Å². The van der Waals surface area contributed by atoms with E-state index in [1.54, 1.807) is 22.7 Å². The summed E-state index contributed by atoms with van der Waals surface area (Å²) < 4.78 is 22.7. The molecule has 2 aliphatic rings. The number of carbonyl (C=O) groups excluding carboxylic acids is 2. The molecule has 31 heavy (non-hydrogen) atoms. The van der Waals surface area contributed by atoms with Crippen molar-refractivity contribution in [2.45, 2.75) is 51.0 Å². The van der Waals surface area contributed by atoms with Gasteiger partial charge in [0.2, 0.25) is 0 Å². The highest BCUT2D eigenvalue weighted by Gasteiger charge is 2.43. The summed E-state index contributed by atoms with van der Waals surface area (Å²) in [5.41, 5.74) is 6.39. The second-order valence-electron chi connectivity index (χ2n) is 7.79. The van der Waals surface area contributed by atoms with Crippen LogP contribution in [0.15, 0.2) is 24.5 Å². The number of halogens is 1. The Hall–Kier alpha value is -3.05. The highest BCUT2D eigenvalue weighted by Crippen LogP contribution is 2.40. The van der Waals surface area contributed by atoms with E-state index in [1.165, 1.54) is 23.2 Å². The van der Waals surface area contributed by atoms with E-state index >= 15 is 4.39 Å². The van der Waals surface area contributed by atoms with Gasteiger partial charge in [0.05, 0.1) is 41.9 Å². The number of anilines is 2. The number of amides is 1. The van der Waals surface area contributed by atoms with Crippen LogP contribution in [0.5, 0.6) is 0 Å². The van der Waals surface area contributed by atoms with Crippen molar-refractivity contribution in [2.75, 3.05) is 23.0 Å². The molecule has 4 rings (SSSR count). The lowest BCUT2D eigenvalue weighted by Crippen LogP contribution is -2.47. The van der Waals surface area contributed by atoms with Gasteiger partial charge in [0.15, 0.2) is 11.6 Å². The number of hydrogen-bond donors (Lipinski definition) is 2. The molecule has 3 atom stereocenters. The predicted octanol–water partition coefficient (Wildman–Crippen LogP) is 1.28. The highest BCUT2D eigenvalue weighted by atomic mass is 19.1. The number of hydrogen-bond acceptors (Lipinski definition) is 8. The third-order valence-corrected chi connectivity index (χ3v) is 5.87. The molecule has 0 radical (unpaired) electrons. The fraction of sp³-hybridized carbons (Fsp3) is 0.500. The van der Waals surface area contributed by atoms with Gasteiger partial charge in [0.25, 0.3) is 0 Å². The largest absolute Gasteiger partial charge is 0.442 e. The van der Waals surface area contributed by atoms with E-state index in [4.69, 9.17) is 10.5 Å². The molecule has 3 N–H and O–H groups in total. The van der Waals surface area contributed by atoms with Crippen LogP contribution >= 0.6 is 0 Å². The first kappa shape index (κ1) is 21.2. The minimum absolute atomic E-state index is 0.0803. The van der Waals surface area contributed by atoms with Crippen LogP contribution in [-0.4, -0.2) is 63.4 Å². The lowest BCUT2D eigenvalue weighted by molar-refractivity contribution is 0.0899. The molecule has 166 valence electrons. The number of carbonyl (C=O) groups is 2. The second kappa shape index (κ2) is 8.60. The molecule has 0 bridgehead atoms. The Balaban J connectivity index is 1.75. The molecule has 0 saturated carbocycles. The fourth-order valence-electron chi connectivity index (χ4n) is 4.20. The standard InChI is InChI=1S/C20H25FN6O4/c1-12-16(10-25-9-7-23-24-25)31-20(30)27(12)14-6-5-13(15(29)11-28)18(21)19(14)26-8-3-2-4-17(26)22/h5-7,9,12,16-17,28H,2-4,8,10-11,22H2,1H3. The molecular weight excluding hydrogens is 407 g/mol. The van der Waals surface area contributed by atoms with Crippen LogP contribution in [0.25, 0.3) is 0 Å². The molecule has 1 amide bonds. The van der Waals surface area contributed by atoms with Gasteiger partial charge < -0.3 is 20.5 Å². The topological polar surface area (TPSA) is 127 Å². The normalized spacial score (nSPS) is 23.9. The van der Waals surface area contributed by atoms with Gasteiger partial charge in [-0.3, -0.25) is 9.69 Å². The summed E-state index contributed by atoms with van der Waals surface area (Å²) >= 11 is 0. The molecule has 2 aliphatic heterocycles. The Kier molecular flexibility index (Phi) is 5.88. The van der Waals surface area contributed by atoms with Crippen molar-refractivity contribution in [1.82, 2.24) is 15.0 Å². The number of ether oxygens (including phenoxy) is 1. The number of Topliss-reactive ketones (excluding diaryl/α,β-unsaturated/α-hetero) is 1. The number of aliphatic hydroxyl groups is 1. The quantitative estimate of drug-likeness (QED) is 0.654. The number of aromatic nitrogens is 3. The number of nitrogens with zero attached hydrogens (tertiary/aromatic N) is 5. The molecule has 10 nitrogen and oxygen atoms in total. The molecule has 0 aliphatic carbocycles. The van der Waals surface area contributed by atoms with Gasteiger partial charge in [-0.25, -0.2) is 13.9 Å². The van der Waals surface area contributed by atoms with Crippen LogP contribution in [0.2, 0.25) is 0 Å². The van der Waals surface area contributed by atoms with E-state index in [2.05, 4.69) is 10.3 Å². The fourth-order valence-corrected chi connectivity index (χ4v) is 4.20. The Morgan fingerprint density at radius 3 is 2.87 bits per heavy atom. The van der Waals surface area contributed by atoms with Crippen molar-refractivity contribution in [1.29, 1.82) is 0 Å². The van der Waals surface area contributed by atoms with Crippen molar-refractivity contribution in [3.63, 3.8) is 0 Å². The number of aliphatic hydroxyl groups excluding tert-OH is 1. The monoisotopic (exact) mass is 432 g/mol. The first-order valence-corrected chi connectivity index (χ1v) is 10.2. The van der Waals surface area contributed by atoms with Crippen molar-refractivity contribution >= 4 is 23.3 Å². The maximum atomic E-state index is 15.6. The molecule has 11 heteroatoms. The summed E-state index contributed by atoms with van der Waals surface area (Å²) in [7, 11) is 0. The van der Waals surface area contributed by atoms with Crippen molar-refractivity contribution < 1.29 is 23.8 Å². The van der Waals surface area contributed by atoms with Gasteiger partial charge in [0.1, 0.15) is 12.7 Å². The Morgan fingerprint density at radius 1 is 1.39 bits per heavy atom. The number of nitrogens with two attached hydrogens (primary N) is 1. The van der Waals surface area contributed by atoms with Gasteiger partial charge in [-0.05, 0) is 38.3 Å². The molecule has 3 unspecified atom stereocenters. The average Bonchev–Trinajstić information content (AvgIpc) is 3.36. The van der Waals surface area contributed by atoms with E-state index in [9.17, 15) is 14.7 Å². The van der Waals surface area contributed by atoms with Crippen molar-refractivity contribution in [2.24, 2.45) is 5.73 Å². The second-order valence-corrected chi connectivity index (χ2v) is 7.79. The van der Waals surface area contributed by atoms with Crippen molar-refractivity contribution in [3.05, 3.63) is 35.9 Å². The smallest absolute Gasteiger partial charge is 0.415 e. The Labute approximate surface area is 178 Å². The van der Waals surface area contributed by atoms with Crippen LogP contribution in [0, 0.1) is 5.82 Å². The molecule has 2 saturated heterocycles. The van der Waals surface area contributed by atoms with E-state index in [0.29, 0.717) is 19.5 Å². The first-order valence-electron chi connectivity index (χ1n) is 10.2. The molecule has 1 aromatic carbocycles. The first-order chi connectivity index (χ1) is 14.9. The zero-order valence-electron chi connectivity index (χ0n) is 17.1. The Morgan fingerprint density at radius 2 is 2.19 bits per heavy atom. The number of piperidine rings is 1. The van der Waals surface area contributed by atoms with Crippen LogP contribution in [0.3, 0.4) is 0 Å². The van der Waals surface area contributed by atoms with Gasteiger partial charge in [-0.1, -0.05) is 5.21 Å².